The molecule has 10 heavy (non-hydrogen) atoms. The average Bonchev–Trinajstić information content (AvgIpc) is 2.36. The number of nitrogens with one attached hydrogen (secondary N) is 1. The quantitative estimate of drug-likeness (QED) is 0.468. The summed E-state index contributed by atoms with van der Waals surface area (Å²) in [5.41, 5.74) is 0. The molecule has 0 bridgehead atoms. The fourth-order valence-electron chi connectivity index (χ4n) is 1.95. The van der Waals surface area contributed by atoms with Crippen molar-refractivity contribution in [3.8, 4) is 0 Å². The van der Waals surface area contributed by atoms with Crippen molar-refractivity contribution in [3.63, 3.8) is 0 Å². The topological polar surface area (TPSA) is 32.3 Å². The Morgan fingerprint density at radius 1 is 1.40 bits per heavy atom. The minimum Gasteiger partial charge on any atom is -0.389 e. The molecular formula is C8H13NO. The summed E-state index contributed by atoms with van der Waals surface area (Å²) in [6.07, 6.45) is 4.98. The molecule has 1 heterocycles. The Balaban J connectivity index is 2.13. The zero-order valence-corrected chi connectivity index (χ0v) is 5.96. The van der Waals surface area contributed by atoms with Gasteiger partial charge in [-0.3, -0.25) is 0 Å². The van der Waals surface area contributed by atoms with Crippen LogP contribution < -0.4 is 5.32 Å². The summed E-state index contributed by atoms with van der Waals surface area (Å²) in [6.45, 7) is 2.09. The van der Waals surface area contributed by atoms with Crippen molar-refractivity contribution >= 4 is 0 Å². The van der Waals surface area contributed by atoms with Gasteiger partial charge in [0.1, 0.15) is 0 Å². The van der Waals surface area contributed by atoms with E-state index in [0.29, 0.717) is 11.8 Å². The van der Waals surface area contributed by atoms with Gasteiger partial charge in [0.25, 0.3) is 0 Å². The molecule has 0 saturated carbocycles. The molecule has 0 amide bonds. The van der Waals surface area contributed by atoms with E-state index in [9.17, 15) is 5.11 Å². The van der Waals surface area contributed by atoms with Gasteiger partial charge in [0.15, 0.2) is 0 Å². The molecule has 0 aromatic carbocycles. The summed E-state index contributed by atoms with van der Waals surface area (Å²) < 4.78 is 0. The van der Waals surface area contributed by atoms with Crippen molar-refractivity contribution < 1.29 is 5.11 Å². The van der Waals surface area contributed by atoms with E-state index < -0.39 is 0 Å². The minimum absolute atomic E-state index is 0.186. The number of allylic oxidation sites excluding steroid dienone is 1. The van der Waals surface area contributed by atoms with Gasteiger partial charge < -0.3 is 10.4 Å². The van der Waals surface area contributed by atoms with Crippen molar-refractivity contribution in [2.24, 2.45) is 11.8 Å². The first kappa shape index (κ1) is 6.38. The Hall–Kier alpha value is -0.340. The predicted octanol–water partition coefficient (Wildman–Crippen LogP) is 0.143. The van der Waals surface area contributed by atoms with Crippen LogP contribution in [-0.4, -0.2) is 24.3 Å². The number of fused-ring (bicyclic) bond motifs is 1. The SMILES string of the molecule is O[C@H]1C=CC[C@H]2CNC[C@H]21. The fourth-order valence-corrected chi connectivity index (χ4v) is 1.95. The molecule has 2 N–H and O–H groups in total. The number of hydrogen-bond donors (Lipinski definition) is 2. The van der Waals surface area contributed by atoms with Crippen LogP contribution in [0.4, 0.5) is 0 Å². The van der Waals surface area contributed by atoms with Gasteiger partial charge in [0.05, 0.1) is 6.10 Å². The maximum absolute atomic E-state index is 9.45. The van der Waals surface area contributed by atoms with Gasteiger partial charge in [-0.15, -0.1) is 0 Å². The summed E-state index contributed by atoms with van der Waals surface area (Å²) in [7, 11) is 0. The Morgan fingerprint density at radius 3 is 3.10 bits per heavy atom. The lowest BCUT2D eigenvalue weighted by molar-refractivity contribution is 0.129. The van der Waals surface area contributed by atoms with Gasteiger partial charge in [0, 0.05) is 12.5 Å². The lowest BCUT2D eigenvalue weighted by Crippen LogP contribution is -2.27. The molecule has 3 atom stereocenters. The van der Waals surface area contributed by atoms with Crippen molar-refractivity contribution in [1.82, 2.24) is 5.32 Å². The molecule has 0 aromatic heterocycles. The number of hydrogen-bond acceptors (Lipinski definition) is 2. The van der Waals surface area contributed by atoms with Gasteiger partial charge in [-0.05, 0) is 18.9 Å². The monoisotopic (exact) mass is 139 g/mol. The van der Waals surface area contributed by atoms with Crippen LogP contribution in [0.1, 0.15) is 6.42 Å². The highest BCUT2D eigenvalue weighted by Crippen LogP contribution is 2.28. The number of rotatable bonds is 0. The summed E-state index contributed by atoms with van der Waals surface area (Å²) in [5, 5.41) is 12.7. The second-order valence-electron chi connectivity index (χ2n) is 3.24. The molecule has 0 radical (unpaired) electrons. The molecule has 1 aliphatic carbocycles. The Labute approximate surface area is 60.9 Å². The minimum atomic E-state index is -0.186. The van der Waals surface area contributed by atoms with Crippen molar-refractivity contribution in [3.05, 3.63) is 12.2 Å². The van der Waals surface area contributed by atoms with Crippen LogP contribution in [0.25, 0.3) is 0 Å². The fraction of sp³-hybridized carbons (Fsp3) is 0.750. The average molecular weight is 139 g/mol. The molecule has 56 valence electrons. The van der Waals surface area contributed by atoms with Crippen LogP contribution in [0, 0.1) is 11.8 Å². The third-order valence-electron chi connectivity index (χ3n) is 2.60. The highest BCUT2D eigenvalue weighted by atomic mass is 16.3. The lowest BCUT2D eigenvalue weighted by Gasteiger charge is -2.24. The molecule has 0 unspecified atom stereocenters. The van der Waals surface area contributed by atoms with E-state index in [1.54, 1.807) is 0 Å². The van der Waals surface area contributed by atoms with E-state index in [0.717, 1.165) is 19.5 Å². The van der Waals surface area contributed by atoms with E-state index in [2.05, 4.69) is 11.4 Å². The zero-order chi connectivity index (χ0) is 6.97. The Kier molecular flexibility index (Phi) is 1.51. The molecule has 2 aliphatic rings. The van der Waals surface area contributed by atoms with E-state index in [1.807, 2.05) is 6.08 Å². The van der Waals surface area contributed by atoms with Gasteiger partial charge >= 0.3 is 0 Å². The van der Waals surface area contributed by atoms with E-state index >= 15 is 0 Å². The Bertz CT molecular complexity index is 155. The third kappa shape index (κ3) is 0.879. The van der Waals surface area contributed by atoms with E-state index in [1.165, 1.54) is 0 Å². The number of aliphatic hydroxyl groups excluding tert-OH is 1. The standard InChI is InChI=1S/C8H13NO/c10-8-3-1-2-6-4-9-5-7(6)8/h1,3,6-10H,2,4-5H2/t6-,7+,8-/m0/s1. The molecular weight excluding hydrogens is 126 g/mol. The van der Waals surface area contributed by atoms with Gasteiger partial charge in [-0.25, -0.2) is 0 Å². The summed E-state index contributed by atoms with van der Waals surface area (Å²) in [6, 6.07) is 0. The normalized spacial score (nSPS) is 45.5. The predicted molar refractivity (Wildman–Crippen MR) is 39.6 cm³/mol. The van der Waals surface area contributed by atoms with Gasteiger partial charge in [-0.1, -0.05) is 12.2 Å². The molecule has 0 aromatic rings. The zero-order valence-electron chi connectivity index (χ0n) is 5.96. The third-order valence-corrected chi connectivity index (χ3v) is 2.60. The second kappa shape index (κ2) is 2.36. The largest absolute Gasteiger partial charge is 0.389 e. The first-order chi connectivity index (χ1) is 4.88. The molecule has 2 nitrogen and oxygen atoms in total. The number of aliphatic hydroxyl groups is 1. The first-order valence-electron chi connectivity index (χ1n) is 3.93. The van der Waals surface area contributed by atoms with Crippen LogP contribution in [0.3, 0.4) is 0 Å². The van der Waals surface area contributed by atoms with Crippen molar-refractivity contribution in [1.29, 1.82) is 0 Å². The first-order valence-corrected chi connectivity index (χ1v) is 3.93. The molecule has 1 saturated heterocycles. The van der Waals surface area contributed by atoms with Crippen LogP contribution >= 0.6 is 0 Å². The van der Waals surface area contributed by atoms with Crippen molar-refractivity contribution in [2.45, 2.75) is 12.5 Å². The maximum atomic E-state index is 9.45. The summed E-state index contributed by atoms with van der Waals surface area (Å²) in [4.78, 5) is 0. The highest BCUT2D eigenvalue weighted by molar-refractivity contribution is 5.04. The smallest absolute Gasteiger partial charge is 0.0764 e. The lowest BCUT2D eigenvalue weighted by atomic mass is 9.84. The second-order valence-corrected chi connectivity index (χ2v) is 3.24. The molecule has 0 spiro atoms. The van der Waals surface area contributed by atoms with E-state index in [-0.39, 0.29) is 6.10 Å². The van der Waals surface area contributed by atoms with Crippen LogP contribution in [0.15, 0.2) is 12.2 Å². The molecule has 1 fully saturated rings. The highest BCUT2D eigenvalue weighted by Gasteiger charge is 2.32. The van der Waals surface area contributed by atoms with Crippen LogP contribution in [0.5, 0.6) is 0 Å². The Morgan fingerprint density at radius 2 is 2.30 bits per heavy atom. The van der Waals surface area contributed by atoms with Crippen LogP contribution in [-0.2, 0) is 0 Å². The van der Waals surface area contributed by atoms with Gasteiger partial charge in [-0.2, -0.15) is 0 Å². The van der Waals surface area contributed by atoms with E-state index in [4.69, 9.17) is 0 Å². The molecule has 1 aliphatic heterocycles. The van der Waals surface area contributed by atoms with Gasteiger partial charge in [0.2, 0.25) is 0 Å². The summed E-state index contributed by atoms with van der Waals surface area (Å²) >= 11 is 0. The molecule has 2 rings (SSSR count). The molecule has 2 heteroatoms. The maximum Gasteiger partial charge on any atom is 0.0764 e. The van der Waals surface area contributed by atoms with Crippen molar-refractivity contribution in [2.75, 3.05) is 13.1 Å². The summed E-state index contributed by atoms with van der Waals surface area (Å²) in [5.74, 6) is 1.19. The van der Waals surface area contributed by atoms with Crippen LogP contribution in [0.2, 0.25) is 0 Å².